The van der Waals surface area contributed by atoms with Gasteiger partial charge in [0.15, 0.2) is 0 Å². The van der Waals surface area contributed by atoms with Crippen LogP contribution in [-0.4, -0.2) is 41.7 Å². The standard InChI is InChI=1S/C10H18N4O2S2/c1-18(15,16)14-4-2-3-8(6-14)5-9(11)10-7-17-13-12-10/h7-9H,2-6,11H2,1H3. The molecule has 6 nitrogen and oxygen atoms in total. The molecule has 2 N–H and O–H groups in total. The van der Waals surface area contributed by atoms with E-state index in [1.54, 1.807) is 4.31 Å². The van der Waals surface area contributed by atoms with Crippen LogP contribution in [0, 0.1) is 5.92 Å². The highest BCUT2D eigenvalue weighted by molar-refractivity contribution is 7.88. The van der Waals surface area contributed by atoms with E-state index < -0.39 is 10.0 Å². The van der Waals surface area contributed by atoms with Crippen molar-refractivity contribution < 1.29 is 8.42 Å². The Morgan fingerprint density at radius 1 is 1.67 bits per heavy atom. The fraction of sp³-hybridized carbons (Fsp3) is 0.800. The summed E-state index contributed by atoms with van der Waals surface area (Å²) in [4.78, 5) is 0. The van der Waals surface area contributed by atoms with Crippen molar-refractivity contribution in [1.82, 2.24) is 13.9 Å². The molecular formula is C10H18N4O2S2. The summed E-state index contributed by atoms with van der Waals surface area (Å²) in [7, 11) is -3.08. The van der Waals surface area contributed by atoms with Crippen molar-refractivity contribution in [3.63, 3.8) is 0 Å². The number of hydrogen-bond acceptors (Lipinski definition) is 6. The zero-order valence-electron chi connectivity index (χ0n) is 10.3. The molecule has 1 fully saturated rings. The molecule has 0 spiro atoms. The van der Waals surface area contributed by atoms with Crippen LogP contribution in [0.2, 0.25) is 0 Å². The van der Waals surface area contributed by atoms with E-state index in [9.17, 15) is 8.42 Å². The summed E-state index contributed by atoms with van der Waals surface area (Å²) in [6.45, 7) is 1.20. The molecule has 0 bridgehead atoms. The predicted octanol–water partition coefficient (Wildman–Crippen LogP) is 0.600. The average molecular weight is 290 g/mol. The average Bonchev–Trinajstić information content (AvgIpc) is 2.81. The van der Waals surface area contributed by atoms with Gasteiger partial charge in [0.05, 0.1) is 18.0 Å². The molecule has 2 rings (SSSR count). The number of hydrogen-bond donors (Lipinski definition) is 1. The summed E-state index contributed by atoms with van der Waals surface area (Å²) in [5.41, 5.74) is 6.86. The Bertz CT molecular complexity index is 474. The number of nitrogens with zero attached hydrogens (tertiary/aromatic N) is 3. The molecule has 8 heteroatoms. The first kappa shape index (κ1) is 13.9. The molecule has 0 amide bonds. The van der Waals surface area contributed by atoms with Crippen LogP contribution < -0.4 is 5.73 Å². The van der Waals surface area contributed by atoms with Gasteiger partial charge in [0, 0.05) is 18.5 Å². The highest BCUT2D eigenvalue weighted by Crippen LogP contribution is 2.26. The molecule has 0 aromatic carbocycles. The monoisotopic (exact) mass is 290 g/mol. The fourth-order valence-electron chi connectivity index (χ4n) is 2.33. The smallest absolute Gasteiger partial charge is 0.211 e. The SMILES string of the molecule is CS(=O)(=O)N1CCCC(CC(N)c2csnn2)C1. The second-order valence-electron chi connectivity index (χ2n) is 4.80. The molecule has 1 aromatic heterocycles. The van der Waals surface area contributed by atoms with Gasteiger partial charge in [-0.1, -0.05) is 4.49 Å². The van der Waals surface area contributed by atoms with Crippen LogP contribution in [0.3, 0.4) is 0 Å². The Labute approximate surface area is 111 Å². The molecule has 0 radical (unpaired) electrons. The molecule has 1 aliphatic heterocycles. The van der Waals surface area contributed by atoms with Gasteiger partial charge in [-0.25, -0.2) is 12.7 Å². The van der Waals surface area contributed by atoms with E-state index in [4.69, 9.17) is 5.73 Å². The van der Waals surface area contributed by atoms with Crippen LogP contribution in [0.25, 0.3) is 0 Å². The Hall–Kier alpha value is -0.570. The molecule has 0 aliphatic carbocycles. The minimum absolute atomic E-state index is 0.145. The first-order chi connectivity index (χ1) is 8.47. The summed E-state index contributed by atoms with van der Waals surface area (Å²) in [5, 5.41) is 5.81. The van der Waals surface area contributed by atoms with E-state index in [2.05, 4.69) is 9.59 Å². The molecule has 102 valence electrons. The van der Waals surface area contributed by atoms with Gasteiger partial charge in [-0.05, 0) is 36.7 Å². The van der Waals surface area contributed by atoms with Crippen molar-refractivity contribution >= 4 is 21.6 Å². The number of nitrogens with two attached hydrogens (primary N) is 1. The van der Waals surface area contributed by atoms with Crippen LogP contribution >= 0.6 is 11.5 Å². The third-order valence-corrected chi connectivity index (χ3v) is 5.09. The maximum atomic E-state index is 11.5. The lowest BCUT2D eigenvalue weighted by Gasteiger charge is -2.31. The first-order valence-corrected chi connectivity index (χ1v) is 8.63. The molecule has 1 saturated heterocycles. The lowest BCUT2D eigenvalue weighted by molar-refractivity contribution is 0.246. The maximum absolute atomic E-state index is 11.5. The van der Waals surface area contributed by atoms with Crippen LogP contribution in [-0.2, 0) is 10.0 Å². The summed E-state index contributed by atoms with van der Waals surface area (Å²) in [6, 6.07) is -0.145. The van der Waals surface area contributed by atoms with Gasteiger partial charge in [-0.2, -0.15) is 0 Å². The summed E-state index contributed by atoms with van der Waals surface area (Å²) in [6.07, 6.45) is 3.95. The molecule has 2 heterocycles. The third kappa shape index (κ3) is 3.47. The van der Waals surface area contributed by atoms with E-state index in [-0.39, 0.29) is 6.04 Å². The Morgan fingerprint density at radius 2 is 2.44 bits per heavy atom. The van der Waals surface area contributed by atoms with Crippen LogP contribution in [0.4, 0.5) is 0 Å². The van der Waals surface area contributed by atoms with Crippen molar-refractivity contribution in [3.8, 4) is 0 Å². The summed E-state index contributed by atoms with van der Waals surface area (Å²) in [5.74, 6) is 0.310. The highest BCUT2D eigenvalue weighted by atomic mass is 32.2. The zero-order chi connectivity index (χ0) is 13.2. The van der Waals surface area contributed by atoms with Gasteiger partial charge in [0.25, 0.3) is 0 Å². The lowest BCUT2D eigenvalue weighted by Crippen LogP contribution is -2.40. The van der Waals surface area contributed by atoms with E-state index in [1.165, 1.54) is 17.8 Å². The normalized spacial score (nSPS) is 24.0. The first-order valence-electron chi connectivity index (χ1n) is 5.94. The van der Waals surface area contributed by atoms with Crippen LogP contribution in [0.15, 0.2) is 5.38 Å². The van der Waals surface area contributed by atoms with E-state index >= 15 is 0 Å². The number of rotatable bonds is 4. The van der Waals surface area contributed by atoms with E-state index in [0.29, 0.717) is 19.0 Å². The van der Waals surface area contributed by atoms with Gasteiger partial charge < -0.3 is 5.73 Å². The summed E-state index contributed by atoms with van der Waals surface area (Å²) < 4.78 is 28.4. The van der Waals surface area contributed by atoms with Gasteiger partial charge in [0.2, 0.25) is 10.0 Å². The molecule has 0 saturated carbocycles. The largest absolute Gasteiger partial charge is 0.323 e. The summed E-state index contributed by atoms with van der Waals surface area (Å²) >= 11 is 1.29. The zero-order valence-corrected chi connectivity index (χ0v) is 12.0. The number of piperidine rings is 1. The van der Waals surface area contributed by atoms with Crippen molar-refractivity contribution in [2.24, 2.45) is 11.7 Å². The predicted molar refractivity (Wildman–Crippen MR) is 70.6 cm³/mol. The Morgan fingerprint density at radius 3 is 3.06 bits per heavy atom. The number of aromatic nitrogens is 2. The van der Waals surface area contributed by atoms with E-state index in [1.807, 2.05) is 5.38 Å². The van der Waals surface area contributed by atoms with Crippen molar-refractivity contribution in [1.29, 1.82) is 0 Å². The molecule has 18 heavy (non-hydrogen) atoms. The minimum atomic E-state index is -3.08. The second-order valence-corrected chi connectivity index (χ2v) is 7.39. The highest BCUT2D eigenvalue weighted by Gasteiger charge is 2.27. The fourth-order valence-corrected chi connectivity index (χ4v) is 3.79. The second kappa shape index (κ2) is 5.60. The Kier molecular flexibility index (Phi) is 4.31. The minimum Gasteiger partial charge on any atom is -0.323 e. The maximum Gasteiger partial charge on any atom is 0.211 e. The van der Waals surface area contributed by atoms with Crippen molar-refractivity contribution in [2.75, 3.05) is 19.3 Å². The molecule has 1 aliphatic rings. The molecule has 1 aromatic rings. The van der Waals surface area contributed by atoms with E-state index in [0.717, 1.165) is 25.0 Å². The quantitative estimate of drug-likeness (QED) is 0.877. The lowest BCUT2D eigenvalue weighted by atomic mass is 9.92. The Balaban J connectivity index is 1.94. The van der Waals surface area contributed by atoms with Crippen LogP contribution in [0.1, 0.15) is 31.0 Å². The van der Waals surface area contributed by atoms with Gasteiger partial charge in [0.1, 0.15) is 0 Å². The van der Waals surface area contributed by atoms with Gasteiger partial charge in [-0.15, -0.1) is 5.10 Å². The molecule has 2 unspecified atom stereocenters. The molecule has 2 atom stereocenters. The van der Waals surface area contributed by atoms with Crippen molar-refractivity contribution in [2.45, 2.75) is 25.3 Å². The number of sulfonamides is 1. The topological polar surface area (TPSA) is 89.2 Å². The third-order valence-electron chi connectivity index (χ3n) is 3.29. The molecular weight excluding hydrogens is 272 g/mol. The van der Waals surface area contributed by atoms with Crippen LogP contribution in [0.5, 0.6) is 0 Å². The van der Waals surface area contributed by atoms with Crippen molar-refractivity contribution in [3.05, 3.63) is 11.1 Å². The van der Waals surface area contributed by atoms with Gasteiger partial charge >= 0.3 is 0 Å². The van der Waals surface area contributed by atoms with Gasteiger partial charge in [-0.3, -0.25) is 0 Å².